The zero-order chi connectivity index (χ0) is 23.3. The predicted octanol–water partition coefficient (Wildman–Crippen LogP) is 3.32. The van der Waals surface area contributed by atoms with E-state index < -0.39 is 16.2 Å². The zero-order valence-corrected chi connectivity index (χ0v) is 19.1. The van der Waals surface area contributed by atoms with Crippen LogP contribution in [-0.4, -0.2) is 42.2 Å². The molecule has 170 valence electrons. The van der Waals surface area contributed by atoms with E-state index in [1.165, 1.54) is 14.1 Å². The van der Waals surface area contributed by atoms with Crippen LogP contribution in [0.25, 0.3) is 11.5 Å². The molecular formula is C22H25N3O6S. The lowest BCUT2D eigenvalue weighted by Crippen LogP contribution is -2.40. The number of nitrogens with zero attached hydrogens (tertiary/aromatic N) is 3. The fourth-order valence-electron chi connectivity index (χ4n) is 2.74. The fourth-order valence-corrected chi connectivity index (χ4v) is 3.62. The first-order valence-electron chi connectivity index (χ1n) is 9.79. The third-order valence-electron chi connectivity index (χ3n) is 4.47. The Hall–Kier alpha value is -3.21. The fraction of sp³-hybridized carbons (Fsp3) is 0.273. The van der Waals surface area contributed by atoms with Gasteiger partial charge in [0.2, 0.25) is 5.89 Å². The van der Waals surface area contributed by atoms with E-state index in [9.17, 15) is 13.2 Å². The molecule has 10 heteroatoms. The second-order valence-electron chi connectivity index (χ2n) is 7.15. The molecule has 0 N–H and O–H groups in total. The van der Waals surface area contributed by atoms with Gasteiger partial charge >= 0.3 is 16.2 Å². The Bertz CT molecular complexity index is 1160. The minimum atomic E-state index is -3.94. The van der Waals surface area contributed by atoms with E-state index in [2.05, 4.69) is 4.98 Å². The highest BCUT2D eigenvalue weighted by Gasteiger charge is 2.28. The van der Waals surface area contributed by atoms with Gasteiger partial charge in [-0.1, -0.05) is 30.3 Å². The van der Waals surface area contributed by atoms with Gasteiger partial charge in [-0.25, -0.2) is 4.98 Å². The molecule has 0 radical (unpaired) electrons. The Labute approximate surface area is 187 Å². The lowest BCUT2D eigenvalue weighted by Gasteiger charge is -2.23. The Morgan fingerprint density at radius 1 is 1.06 bits per heavy atom. The van der Waals surface area contributed by atoms with Crippen LogP contribution in [0.4, 0.5) is 0 Å². The van der Waals surface area contributed by atoms with Crippen molar-refractivity contribution in [3.8, 4) is 17.2 Å². The molecule has 0 unspecified atom stereocenters. The molecule has 0 aliphatic carbocycles. The summed E-state index contributed by atoms with van der Waals surface area (Å²) in [6.07, 6.45) is 0. The standard InChI is InChI=1S/C22H25N3O6S/c1-16-21(23-22(30-16)19-8-6-5-7-9-19)15-29-20-12-10-18(11-13-20)14-25(31-17(2)26)32(27,28)24(3)4/h5-13H,14-15H2,1-4H3. The Balaban J connectivity index is 1.66. The van der Waals surface area contributed by atoms with Crippen molar-refractivity contribution in [1.82, 2.24) is 13.8 Å². The van der Waals surface area contributed by atoms with Gasteiger partial charge in [0.1, 0.15) is 23.8 Å². The molecule has 1 aromatic heterocycles. The highest BCUT2D eigenvalue weighted by Crippen LogP contribution is 2.23. The Morgan fingerprint density at radius 2 is 1.72 bits per heavy atom. The van der Waals surface area contributed by atoms with Gasteiger partial charge in [0.25, 0.3) is 0 Å². The highest BCUT2D eigenvalue weighted by molar-refractivity contribution is 7.86. The number of aryl methyl sites for hydroxylation is 1. The second kappa shape index (κ2) is 9.94. The summed E-state index contributed by atoms with van der Waals surface area (Å²) >= 11 is 0. The van der Waals surface area contributed by atoms with Crippen LogP contribution >= 0.6 is 0 Å². The van der Waals surface area contributed by atoms with Gasteiger partial charge in [-0.3, -0.25) is 4.79 Å². The number of oxazole rings is 1. The smallest absolute Gasteiger partial charge is 0.323 e. The van der Waals surface area contributed by atoms with Gasteiger partial charge in [0.15, 0.2) is 0 Å². The molecule has 2 aromatic carbocycles. The molecule has 0 spiro atoms. The molecule has 1 heterocycles. The van der Waals surface area contributed by atoms with Crippen molar-refractivity contribution in [3.63, 3.8) is 0 Å². The second-order valence-corrected chi connectivity index (χ2v) is 9.19. The monoisotopic (exact) mass is 459 g/mol. The maximum Gasteiger partial charge on any atom is 0.323 e. The van der Waals surface area contributed by atoms with Gasteiger partial charge in [0.05, 0.1) is 6.54 Å². The number of rotatable bonds is 9. The number of benzene rings is 2. The van der Waals surface area contributed by atoms with Gasteiger partial charge in [-0.15, -0.1) is 0 Å². The van der Waals surface area contributed by atoms with Crippen LogP contribution in [-0.2, 0) is 33.0 Å². The molecule has 0 atom stereocenters. The first kappa shape index (κ1) is 23.5. The van der Waals surface area contributed by atoms with Gasteiger partial charge in [-0.2, -0.15) is 12.7 Å². The van der Waals surface area contributed by atoms with Crippen LogP contribution in [0.3, 0.4) is 0 Å². The van der Waals surface area contributed by atoms with Crippen LogP contribution in [0.5, 0.6) is 5.75 Å². The molecule has 0 saturated carbocycles. The average Bonchev–Trinajstić information content (AvgIpc) is 3.13. The van der Waals surface area contributed by atoms with Crippen molar-refractivity contribution in [2.75, 3.05) is 14.1 Å². The van der Waals surface area contributed by atoms with Crippen molar-refractivity contribution in [2.45, 2.75) is 27.0 Å². The molecule has 0 aliphatic heterocycles. The summed E-state index contributed by atoms with van der Waals surface area (Å²) in [7, 11) is -1.22. The third kappa shape index (κ3) is 5.72. The highest BCUT2D eigenvalue weighted by atomic mass is 32.2. The van der Waals surface area contributed by atoms with E-state index in [1.807, 2.05) is 37.3 Å². The summed E-state index contributed by atoms with van der Waals surface area (Å²) in [5.74, 6) is 1.05. The molecule has 3 aromatic rings. The summed E-state index contributed by atoms with van der Waals surface area (Å²) in [5, 5.41) is 0. The van der Waals surface area contributed by atoms with Crippen molar-refractivity contribution in [3.05, 3.63) is 71.6 Å². The predicted molar refractivity (Wildman–Crippen MR) is 117 cm³/mol. The minimum Gasteiger partial charge on any atom is -0.487 e. The summed E-state index contributed by atoms with van der Waals surface area (Å²) < 4.78 is 37.9. The molecule has 32 heavy (non-hydrogen) atoms. The number of carbonyl (C=O) groups is 1. The van der Waals surface area contributed by atoms with E-state index in [1.54, 1.807) is 24.3 Å². The quantitative estimate of drug-likeness (QED) is 0.452. The lowest BCUT2D eigenvalue weighted by molar-refractivity contribution is -0.168. The van der Waals surface area contributed by atoms with Crippen molar-refractivity contribution >= 4 is 16.2 Å². The summed E-state index contributed by atoms with van der Waals surface area (Å²) in [4.78, 5) is 20.7. The van der Waals surface area contributed by atoms with Gasteiger partial charge in [-0.05, 0) is 41.2 Å². The Morgan fingerprint density at radius 3 is 2.31 bits per heavy atom. The molecule has 0 aliphatic rings. The molecule has 3 rings (SSSR count). The topological polar surface area (TPSA) is 102 Å². The van der Waals surface area contributed by atoms with Crippen LogP contribution in [0.1, 0.15) is 23.9 Å². The lowest BCUT2D eigenvalue weighted by atomic mass is 10.2. The van der Waals surface area contributed by atoms with E-state index in [0.717, 1.165) is 16.8 Å². The largest absolute Gasteiger partial charge is 0.487 e. The summed E-state index contributed by atoms with van der Waals surface area (Å²) in [6, 6.07) is 16.4. The summed E-state index contributed by atoms with van der Waals surface area (Å²) in [6.45, 7) is 3.06. The molecule has 9 nitrogen and oxygen atoms in total. The first-order valence-corrected chi connectivity index (χ1v) is 11.2. The maximum atomic E-state index is 12.4. The number of hydrogen-bond acceptors (Lipinski definition) is 7. The van der Waals surface area contributed by atoms with E-state index in [4.69, 9.17) is 14.0 Å². The molecular weight excluding hydrogens is 434 g/mol. The van der Waals surface area contributed by atoms with Crippen molar-refractivity contribution in [1.29, 1.82) is 0 Å². The zero-order valence-electron chi connectivity index (χ0n) is 18.3. The number of ether oxygens (including phenoxy) is 1. The van der Waals surface area contributed by atoms with Gasteiger partial charge in [0, 0.05) is 26.6 Å². The van der Waals surface area contributed by atoms with Crippen LogP contribution in [0, 0.1) is 6.92 Å². The van der Waals surface area contributed by atoms with E-state index in [0.29, 0.717) is 33.1 Å². The third-order valence-corrected chi connectivity index (χ3v) is 6.11. The van der Waals surface area contributed by atoms with Crippen LogP contribution in [0.2, 0.25) is 0 Å². The van der Waals surface area contributed by atoms with Crippen LogP contribution in [0.15, 0.2) is 59.0 Å². The van der Waals surface area contributed by atoms with Gasteiger partial charge < -0.3 is 14.0 Å². The normalized spacial score (nSPS) is 11.7. The average molecular weight is 460 g/mol. The molecule has 0 amide bonds. The summed E-state index contributed by atoms with van der Waals surface area (Å²) in [5.41, 5.74) is 2.19. The van der Waals surface area contributed by atoms with Crippen molar-refractivity contribution < 1.29 is 27.2 Å². The Kier molecular flexibility index (Phi) is 7.29. The minimum absolute atomic E-state index is 0.136. The van der Waals surface area contributed by atoms with E-state index in [-0.39, 0.29) is 13.2 Å². The number of carbonyl (C=O) groups excluding carboxylic acids is 1. The van der Waals surface area contributed by atoms with E-state index >= 15 is 0 Å². The molecule has 0 fully saturated rings. The van der Waals surface area contributed by atoms with Crippen LogP contribution < -0.4 is 4.74 Å². The number of hydroxylamine groups is 1. The first-order chi connectivity index (χ1) is 15.2. The number of aromatic nitrogens is 1. The van der Waals surface area contributed by atoms with Crippen molar-refractivity contribution in [2.24, 2.45) is 0 Å². The maximum absolute atomic E-state index is 12.4. The SMILES string of the molecule is CC(=O)ON(Cc1ccc(OCc2nc(-c3ccccc3)oc2C)cc1)S(=O)(=O)N(C)C. The molecule has 0 bridgehead atoms. The number of hydrogen-bond donors (Lipinski definition) is 0. The molecule has 0 saturated heterocycles.